The Labute approximate surface area is 131 Å². The molecule has 0 unspecified atom stereocenters. The predicted molar refractivity (Wildman–Crippen MR) is 82.4 cm³/mol. The molecule has 2 N–H and O–H groups in total. The molecular formula is C14H14N8O. The van der Waals surface area contributed by atoms with Gasteiger partial charge in [0.1, 0.15) is 17.8 Å². The van der Waals surface area contributed by atoms with Crippen molar-refractivity contribution < 1.29 is 4.79 Å². The van der Waals surface area contributed by atoms with Crippen molar-refractivity contribution in [1.29, 1.82) is 0 Å². The Morgan fingerprint density at radius 3 is 2.91 bits per heavy atom. The highest BCUT2D eigenvalue weighted by atomic mass is 16.1. The van der Waals surface area contributed by atoms with Crippen LogP contribution in [0.3, 0.4) is 0 Å². The number of amides is 1. The van der Waals surface area contributed by atoms with E-state index in [0.717, 1.165) is 31.0 Å². The molecule has 0 saturated heterocycles. The maximum absolute atomic E-state index is 12.4. The van der Waals surface area contributed by atoms with E-state index in [1.165, 1.54) is 11.0 Å². The number of tetrazole rings is 1. The van der Waals surface area contributed by atoms with Gasteiger partial charge in [-0.1, -0.05) is 0 Å². The molecule has 1 aliphatic heterocycles. The Hall–Kier alpha value is -3.23. The van der Waals surface area contributed by atoms with Crippen LogP contribution < -0.4 is 10.6 Å². The van der Waals surface area contributed by atoms with Crippen LogP contribution in [0.4, 0.5) is 11.5 Å². The molecule has 3 aromatic rings. The lowest BCUT2D eigenvalue weighted by Crippen LogP contribution is -2.19. The van der Waals surface area contributed by atoms with Crippen LogP contribution in [0.25, 0.3) is 5.69 Å². The van der Waals surface area contributed by atoms with E-state index in [-0.39, 0.29) is 5.91 Å². The van der Waals surface area contributed by atoms with Gasteiger partial charge < -0.3 is 10.6 Å². The number of rotatable bonds is 3. The van der Waals surface area contributed by atoms with E-state index in [2.05, 4.69) is 31.3 Å². The molecule has 0 fully saturated rings. The Morgan fingerprint density at radius 1 is 1.26 bits per heavy atom. The van der Waals surface area contributed by atoms with Gasteiger partial charge >= 0.3 is 0 Å². The predicted octanol–water partition coefficient (Wildman–Crippen LogP) is 0.927. The average molecular weight is 310 g/mol. The molecular weight excluding hydrogens is 296 g/mol. The second-order valence-corrected chi connectivity index (χ2v) is 5.17. The molecule has 0 atom stereocenters. The first-order valence-electron chi connectivity index (χ1n) is 7.26. The lowest BCUT2D eigenvalue weighted by molar-refractivity contribution is 0.102. The zero-order valence-corrected chi connectivity index (χ0v) is 12.2. The minimum Gasteiger partial charge on any atom is -0.368 e. The highest BCUT2D eigenvalue weighted by molar-refractivity contribution is 6.05. The first kappa shape index (κ1) is 13.4. The normalized spacial score (nSPS) is 13.2. The summed E-state index contributed by atoms with van der Waals surface area (Å²) in [6.45, 7) is 1.74. The van der Waals surface area contributed by atoms with E-state index in [0.29, 0.717) is 11.3 Å². The molecule has 1 aromatic carbocycles. The number of carbonyl (C=O) groups is 1. The molecule has 0 saturated carbocycles. The third kappa shape index (κ3) is 2.52. The van der Waals surface area contributed by atoms with Crippen LogP contribution in [0.1, 0.15) is 16.8 Å². The molecule has 23 heavy (non-hydrogen) atoms. The molecule has 0 aliphatic carbocycles. The molecule has 0 bridgehead atoms. The van der Waals surface area contributed by atoms with Crippen LogP contribution in [0.2, 0.25) is 0 Å². The molecule has 2 aromatic heterocycles. The molecule has 3 heterocycles. The SMILES string of the molecule is O=C(Nc1cnn2c1NCCC2)c1ccc(-n2cnnn2)cc1. The van der Waals surface area contributed by atoms with Crippen LogP contribution in [0.5, 0.6) is 0 Å². The maximum Gasteiger partial charge on any atom is 0.255 e. The van der Waals surface area contributed by atoms with Crippen molar-refractivity contribution >= 4 is 17.4 Å². The summed E-state index contributed by atoms with van der Waals surface area (Å²) in [7, 11) is 0. The van der Waals surface area contributed by atoms with Crippen molar-refractivity contribution in [3.63, 3.8) is 0 Å². The molecule has 4 rings (SSSR count). The Morgan fingerprint density at radius 2 is 2.13 bits per heavy atom. The van der Waals surface area contributed by atoms with Crippen molar-refractivity contribution in [2.24, 2.45) is 0 Å². The number of hydrogen-bond acceptors (Lipinski definition) is 6. The van der Waals surface area contributed by atoms with Crippen LogP contribution in [-0.2, 0) is 6.54 Å². The van der Waals surface area contributed by atoms with Crippen LogP contribution in [0, 0.1) is 0 Å². The number of aryl methyl sites for hydroxylation is 1. The number of nitrogens with zero attached hydrogens (tertiary/aromatic N) is 6. The molecule has 1 aliphatic rings. The third-order valence-corrected chi connectivity index (χ3v) is 3.67. The average Bonchev–Trinajstić information content (AvgIpc) is 3.25. The zero-order valence-electron chi connectivity index (χ0n) is 12.2. The van der Waals surface area contributed by atoms with E-state index in [9.17, 15) is 4.79 Å². The third-order valence-electron chi connectivity index (χ3n) is 3.67. The minimum absolute atomic E-state index is 0.184. The first-order valence-corrected chi connectivity index (χ1v) is 7.26. The monoisotopic (exact) mass is 310 g/mol. The zero-order chi connectivity index (χ0) is 15.6. The lowest BCUT2D eigenvalue weighted by Gasteiger charge is -2.17. The van der Waals surface area contributed by atoms with Crippen molar-refractivity contribution in [3.8, 4) is 5.69 Å². The van der Waals surface area contributed by atoms with E-state index in [4.69, 9.17) is 0 Å². The van der Waals surface area contributed by atoms with E-state index < -0.39 is 0 Å². The van der Waals surface area contributed by atoms with Gasteiger partial charge in [0.25, 0.3) is 5.91 Å². The summed E-state index contributed by atoms with van der Waals surface area (Å²) in [6, 6.07) is 7.04. The van der Waals surface area contributed by atoms with Crippen molar-refractivity contribution in [3.05, 3.63) is 42.4 Å². The van der Waals surface area contributed by atoms with Crippen LogP contribution >= 0.6 is 0 Å². The quantitative estimate of drug-likeness (QED) is 0.746. The molecule has 116 valence electrons. The van der Waals surface area contributed by atoms with Gasteiger partial charge in [0.05, 0.1) is 11.9 Å². The summed E-state index contributed by atoms with van der Waals surface area (Å²) in [5.41, 5.74) is 2.04. The van der Waals surface area contributed by atoms with Gasteiger partial charge in [-0.05, 0) is 41.1 Å². The number of carbonyl (C=O) groups excluding carboxylic acids is 1. The highest BCUT2D eigenvalue weighted by Gasteiger charge is 2.16. The molecule has 9 heteroatoms. The van der Waals surface area contributed by atoms with Crippen LogP contribution in [0.15, 0.2) is 36.8 Å². The summed E-state index contributed by atoms with van der Waals surface area (Å²) >= 11 is 0. The number of nitrogens with one attached hydrogen (secondary N) is 2. The number of benzene rings is 1. The number of anilines is 2. The minimum atomic E-state index is -0.184. The van der Waals surface area contributed by atoms with E-state index in [1.54, 1.807) is 30.5 Å². The first-order chi connectivity index (χ1) is 11.3. The smallest absolute Gasteiger partial charge is 0.255 e. The summed E-state index contributed by atoms with van der Waals surface area (Å²) in [5, 5.41) is 21.4. The lowest BCUT2D eigenvalue weighted by atomic mass is 10.2. The molecule has 1 amide bonds. The van der Waals surface area contributed by atoms with Crippen molar-refractivity contribution in [1.82, 2.24) is 30.0 Å². The van der Waals surface area contributed by atoms with Crippen LogP contribution in [-0.4, -0.2) is 42.4 Å². The highest BCUT2D eigenvalue weighted by Crippen LogP contribution is 2.24. The Bertz CT molecular complexity index is 821. The number of aromatic nitrogens is 6. The molecule has 9 nitrogen and oxygen atoms in total. The Balaban J connectivity index is 1.52. The summed E-state index contributed by atoms with van der Waals surface area (Å²) < 4.78 is 3.39. The van der Waals surface area contributed by atoms with Gasteiger partial charge in [-0.3, -0.25) is 4.79 Å². The fourth-order valence-electron chi connectivity index (χ4n) is 2.51. The topological polar surface area (TPSA) is 103 Å². The van der Waals surface area contributed by atoms with Gasteiger partial charge in [0.2, 0.25) is 0 Å². The van der Waals surface area contributed by atoms with E-state index in [1.807, 2.05) is 4.68 Å². The van der Waals surface area contributed by atoms with Gasteiger partial charge in [0.15, 0.2) is 0 Å². The van der Waals surface area contributed by atoms with Gasteiger partial charge in [0, 0.05) is 18.7 Å². The molecule has 0 spiro atoms. The molecule has 0 radical (unpaired) electrons. The van der Waals surface area contributed by atoms with Gasteiger partial charge in [-0.15, -0.1) is 5.10 Å². The fraction of sp³-hybridized carbons (Fsp3) is 0.214. The second-order valence-electron chi connectivity index (χ2n) is 5.17. The van der Waals surface area contributed by atoms with Crippen molar-refractivity contribution in [2.75, 3.05) is 17.2 Å². The van der Waals surface area contributed by atoms with Gasteiger partial charge in [-0.25, -0.2) is 9.36 Å². The number of fused-ring (bicyclic) bond motifs is 1. The van der Waals surface area contributed by atoms with Crippen molar-refractivity contribution in [2.45, 2.75) is 13.0 Å². The Kier molecular flexibility index (Phi) is 3.22. The largest absolute Gasteiger partial charge is 0.368 e. The number of hydrogen-bond donors (Lipinski definition) is 2. The maximum atomic E-state index is 12.4. The summed E-state index contributed by atoms with van der Waals surface area (Å²) in [4.78, 5) is 12.4. The summed E-state index contributed by atoms with van der Waals surface area (Å²) in [5.74, 6) is 0.673. The van der Waals surface area contributed by atoms with E-state index >= 15 is 0 Å². The fourth-order valence-corrected chi connectivity index (χ4v) is 2.51. The summed E-state index contributed by atoms with van der Waals surface area (Å²) in [6.07, 6.45) is 4.20. The standard InChI is InChI=1S/C14H14N8O/c23-14(18-12-8-17-21-7-1-6-15-13(12)21)10-2-4-11(5-3-10)22-9-16-19-20-22/h2-5,8-9,15H,1,6-7H2,(H,18,23). The second kappa shape index (κ2) is 5.52. The van der Waals surface area contributed by atoms with Gasteiger partial charge in [-0.2, -0.15) is 5.10 Å².